The topological polar surface area (TPSA) is 102 Å². The Morgan fingerprint density at radius 3 is 2.30 bits per heavy atom. The summed E-state index contributed by atoms with van der Waals surface area (Å²) in [6, 6.07) is 11.0. The Morgan fingerprint density at radius 2 is 1.73 bits per heavy atom. The zero-order valence-corrected chi connectivity index (χ0v) is 25.3. The molecular formula is C29H35FIN5O4. The fourth-order valence-electron chi connectivity index (χ4n) is 5.53. The molecule has 11 heteroatoms. The number of hydrogen-bond donors (Lipinski definition) is 2. The van der Waals surface area contributed by atoms with Crippen LogP contribution in [0.1, 0.15) is 49.5 Å². The second kappa shape index (κ2) is 12.1. The van der Waals surface area contributed by atoms with E-state index in [0.717, 1.165) is 11.3 Å². The summed E-state index contributed by atoms with van der Waals surface area (Å²) in [5, 5.41) is 5.50. The Hall–Kier alpha value is -3.22. The molecule has 2 aliphatic rings. The molecule has 2 heterocycles. The highest BCUT2D eigenvalue weighted by molar-refractivity contribution is 14.1. The number of nitrogens with one attached hydrogen (secondary N) is 2. The van der Waals surface area contributed by atoms with Gasteiger partial charge in [-0.3, -0.25) is 19.2 Å². The van der Waals surface area contributed by atoms with Crippen molar-refractivity contribution in [1.29, 1.82) is 0 Å². The predicted molar refractivity (Wildman–Crippen MR) is 160 cm³/mol. The number of piperidine rings is 1. The van der Waals surface area contributed by atoms with Crippen molar-refractivity contribution in [2.24, 2.45) is 5.92 Å². The number of aryl methyl sites for hydroxylation is 1. The van der Waals surface area contributed by atoms with Gasteiger partial charge in [-0.2, -0.15) is 0 Å². The summed E-state index contributed by atoms with van der Waals surface area (Å²) in [6.45, 7) is 6.71. The summed E-state index contributed by atoms with van der Waals surface area (Å²) < 4.78 is 14.3. The van der Waals surface area contributed by atoms with Gasteiger partial charge in [0.15, 0.2) is 0 Å². The van der Waals surface area contributed by atoms with Crippen LogP contribution in [0.4, 0.5) is 20.6 Å². The fourth-order valence-corrected chi connectivity index (χ4v) is 5.84. The highest BCUT2D eigenvalue weighted by Crippen LogP contribution is 2.39. The maximum absolute atomic E-state index is 14.4. The van der Waals surface area contributed by atoms with Crippen molar-refractivity contribution in [3.8, 4) is 0 Å². The first-order valence-electron chi connectivity index (χ1n) is 13.4. The number of benzene rings is 2. The van der Waals surface area contributed by atoms with E-state index in [2.05, 4.69) is 15.5 Å². The second-order valence-corrected chi connectivity index (χ2v) is 11.7. The van der Waals surface area contributed by atoms with E-state index in [1.165, 1.54) is 12.1 Å². The SMILES string of the molecule is CCc1ccc(F)c(C(=O)N[C@@H](C(=O)N2CCC3(CC2)C(=O)N(C)CN3c2ccc(NC(=O)I)cc2)C(C)C)c1. The minimum Gasteiger partial charge on any atom is -0.341 e. The monoisotopic (exact) mass is 663 g/mol. The quantitative estimate of drug-likeness (QED) is 0.260. The van der Waals surface area contributed by atoms with Crippen molar-refractivity contribution < 1.29 is 23.6 Å². The number of amides is 4. The van der Waals surface area contributed by atoms with Gasteiger partial charge in [0.05, 0.1) is 12.2 Å². The van der Waals surface area contributed by atoms with E-state index in [0.29, 0.717) is 44.7 Å². The minimum absolute atomic E-state index is 0.00392. The van der Waals surface area contributed by atoms with Gasteiger partial charge in [-0.1, -0.05) is 26.8 Å². The number of halogens is 2. The van der Waals surface area contributed by atoms with Crippen LogP contribution in [0.3, 0.4) is 0 Å². The van der Waals surface area contributed by atoms with Crippen molar-refractivity contribution in [2.75, 3.05) is 37.0 Å². The summed E-state index contributed by atoms with van der Waals surface area (Å²) in [6.07, 6.45) is 1.52. The number of carbonyl (C=O) groups excluding carboxylic acids is 4. The summed E-state index contributed by atoms with van der Waals surface area (Å²) in [5.74, 6) is -1.70. The molecule has 2 N–H and O–H groups in total. The Labute approximate surface area is 247 Å². The molecule has 0 aliphatic carbocycles. The van der Waals surface area contributed by atoms with Crippen molar-refractivity contribution in [2.45, 2.75) is 51.6 Å². The van der Waals surface area contributed by atoms with Crippen LogP contribution < -0.4 is 15.5 Å². The average Bonchev–Trinajstić information content (AvgIpc) is 3.16. The van der Waals surface area contributed by atoms with Crippen molar-refractivity contribution in [3.63, 3.8) is 0 Å². The smallest absolute Gasteiger partial charge is 0.284 e. The Bertz CT molecular complexity index is 1290. The highest BCUT2D eigenvalue weighted by Gasteiger charge is 2.53. The molecule has 1 atom stereocenters. The Morgan fingerprint density at radius 1 is 1.07 bits per heavy atom. The molecule has 214 valence electrons. The summed E-state index contributed by atoms with van der Waals surface area (Å²) in [7, 11) is 1.77. The summed E-state index contributed by atoms with van der Waals surface area (Å²) in [4.78, 5) is 56.8. The van der Waals surface area contributed by atoms with Crippen LogP contribution in [-0.4, -0.2) is 69.8 Å². The molecule has 0 aromatic heterocycles. The molecule has 2 fully saturated rings. The molecular weight excluding hydrogens is 628 g/mol. The van der Waals surface area contributed by atoms with E-state index >= 15 is 0 Å². The van der Waals surface area contributed by atoms with Gasteiger partial charge < -0.3 is 25.3 Å². The number of rotatable bonds is 7. The van der Waals surface area contributed by atoms with Gasteiger partial charge in [-0.15, -0.1) is 0 Å². The third-order valence-electron chi connectivity index (χ3n) is 7.84. The van der Waals surface area contributed by atoms with E-state index in [1.807, 2.05) is 32.9 Å². The van der Waals surface area contributed by atoms with E-state index in [9.17, 15) is 23.6 Å². The van der Waals surface area contributed by atoms with Gasteiger partial charge in [0.1, 0.15) is 17.4 Å². The van der Waals surface area contributed by atoms with Crippen LogP contribution in [-0.2, 0) is 16.0 Å². The lowest BCUT2D eigenvalue weighted by atomic mass is 9.85. The van der Waals surface area contributed by atoms with Crippen molar-refractivity contribution in [1.82, 2.24) is 15.1 Å². The zero-order valence-electron chi connectivity index (χ0n) is 23.2. The molecule has 0 radical (unpaired) electrons. The lowest BCUT2D eigenvalue weighted by Crippen LogP contribution is -2.60. The lowest BCUT2D eigenvalue weighted by Gasteiger charge is -2.44. The van der Waals surface area contributed by atoms with E-state index in [4.69, 9.17) is 0 Å². The number of carbonyl (C=O) groups is 4. The van der Waals surface area contributed by atoms with E-state index < -0.39 is 23.3 Å². The van der Waals surface area contributed by atoms with Gasteiger partial charge >= 0.3 is 0 Å². The molecule has 4 amide bonds. The zero-order chi connectivity index (χ0) is 29.2. The van der Waals surface area contributed by atoms with Gasteiger partial charge in [0, 0.05) is 54.1 Å². The minimum atomic E-state index is -0.829. The molecule has 2 aromatic carbocycles. The second-order valence-electron chi connectivity index (χ2n) is 10.7. The van der Waals surface area contributed by atoms with Gasteiger partial charge in [-0.05, 0) is 67.1 Å². The number of likely N-dealkylation sites (tertiary alicyclic amines) is 1. The van der Waals surface area contributed by atoms with Gasteiger partial charge in [-0.25, -0.2) is 4.39 Å². The number of hydrogen-bond acceptors (Lipinski definition) is 5. The van der Waals surface area contributed by atoms with Crippen LogP contribution in [0.25, 0.3) is 0 Å². The van der Waals surface area contributed by atoms with Gasteiger partial charge in [0.2, 0.25) is 11.8 Å². The average molecular weight is 664 g/mol. The third kappa shape index (κ3) is 5.93. The van der Waals surface area contributed by atoms with E-state index in [1.54, 1.807) is 57.6 Å². The maximum Gasteiger partial charge on any atom is 0.284 e. The molecule has 4 rings (SSSR count). The predicted octanol–water partition coefficient (Wildman–Crippen LogP) is 4.41. The normalized spacial score (nSPS) is 17.4. The maximum atomic E-state index is 14.4. The van der Waals surface area contributed by atoms with Crippen LogP contribution in [0, 0.1) is 11.7 Å². The number of likely N-dealkylation sites (N-methyl/N-ethyl adjacent to an activating group) is 1. The first kappa shape index (κ1) is 29.8. The highest BCUT2D eigenvalue weighted by atomic mass is 127. The lowest BCUT2D eigenvalue weighted by molar-refractivity contribution is -0.139. The fraction of sp³-hybridized carbons (Fsp3) is 0.448. The van der Waals surface area contributed by atoms with Crippen LogP contribution >= 0.6 is 22.6 Å². The third-order valence-corrected chi connectivity index (χ3v) is 8.11. The molecule has 40 heavy (non-hydrogen) atoms. The largest absolute Gasteiger partial charge is 0.341 e. The molecule has 1 spiro atoms. The van der Waals surface area contributed by atoms with Crippen LogP contribution in [0.2, 0.25) is 0 Å². The summed E-state index contributed by atoms with van der Waals surface area (Å²) >= 11 is 1.67. The van der Waals surface area contributed by atoms with Gasteiger partial charge in [0.25, 0.3) is 9.82 Å². The van der Waals surface area contributed by atoms with Crippen molar-refractivity contribution in [3.05, 3.63) is 59.4 Å². The van der Waals surface area contributed by atoms with Crippen LogP contribution in [0.5, 0.6) is 0 Å². The standard InChI is InChI=1S/C29H35FIN5O4/c1-5-19-6-11-23(30)22(16-19)25(37)33-24(18(2)3)26(38)35-14-12-29(13-15-35)27(39)34(4)17-36(29)21-9-7-20(8-10-21)32-28(31)40/h6-11,16,18,24H,5,12-15,17H2,1-4H3,(H,32,40)(H,33,37)/t24-/m1/s1. The molecule has 0 unspecified atom stereocenters. The molecule has 9 nitrogen and oxygen atoms in total. The van der Waals surface area contributed by atoms with Crippen molar-refractivity contribution >= 4 is 55.6 Å². The first-order valence-corrected chi connectivity index (χ1v) is 14.5. The number of anilines is 2. The van der Waals surface area contributed by atoms with Crippen LogP contribution in [0.15, 0.2) is 42.5 Å². The molecule has 2 saturated heterocycles. The number of nitrogens with zero attached hydrogens (tertiary/aromatic N) is 3. The molecule has 0 saturated carbocycles. The molecule has 2 aliphatic heterocycles. The molecule has 0 bridgehead atoms. The Balaban J connectivity index is 1.48. The Kier molecular flexibility index (Phi) is 9.01. The molecule has 2 aromatic rings. The summed E-state index contributed by atoms with van der Waals surface area (Å²) in [5.41, 5.74) is 1.49. The first-order chi connectivity index (χ1) is 19.0. The van der Waals surface area contributed by atoms with E-state index in [-0.39, 0.29) is 27.2 Å².